The van der Waals surface area contributed by atoms with Gasteiger partial charge in [0.1, 0.15) is 0 Å². The molecule has 0 aliphatic heterocycles. The fraction of sp³-hybridized carbons (Fsp3) is 0.0435. The van der Waals surface area contributed by atoms with Gasteiger partial charge in [0.25, 0.3) is 0 Å². The van der Waals surface area contributed by atoms with Crippen LogP contribution in [0.4, 0.5) is 0 Å². The Bertz CT molecular complexity index is 1050. The molecular formula is C23H18N2O2. The van der Waals surface area contributed by atoms with Crippen LogP contribution in [0.5, 0.6) is 5.88 Å². The van der Waals surface area contributed by atoms with Crippen molar-refractivity contribution in [3.05, 3.63) is 102 Å². The largest absolute Gasteiger partial charge is 0.402 e. The molecule has 0 saturated heterocycles. The number of ether oxygens (including phenoxy) is 1. The smallest absolute Gasteiger partial charge is 0.344 e. The highest BCUT2D eigenvalue weighted by atomic mass is 16.5. The van der Waals surface area contributed by atoms with Crippen LogP contribution in [-0.4, -0.2) is 15.7 Å². The van der Waals surface area contributed by atoms with Gasteiger partial charge in [-0.15, -0.1) is 5.10 Å². The highest BCUT2D eigenvalue weighted by Crippen LogP contribution is 2.27. The third kappa shape index (κ3) is 3.65. The van der Waals surface area contributed by atoms with Gasteiger partial charge in [0.05, 0.1) is 16.9 Å². The van der Waals surface area contributed by atoms with Gasteiger partial charge in [0.15, 0.2) is 0 Å². The Morgan fingerprint density at radius 1 is 0.852 bits per heavy atom. The summed E-state index contributed by atoms with van der Waals surface area (Å²) in [5.41, 5.74) is 4.43. The number of aromatic nitrogens is 2. The minimum atomic E-state index is -0.427. The van der Waals surface area contributed by atoms with E-state index in [1.807, 2.05) is 67.6 Å². The molecule has 27 heavy (non-hydrogen) atoms. The van der Waals surface area contributed by atoms with Crippen molar-refractivity contribution >= 4 is 5.97 Å². The number of hydrogen-bond donors (Lipinski definition) is 0. The lowest BCUT2D eigenvalue weighted by Gasteiger charge is -2.07. The molecule has 0 N–H and O–H groups in total. The molecule has 0 amide bonds. The topological polar surface area (TPSA) is 44.1 Å². The van der Waals surface area contributed by atoms with Crippen molar-refractivity contribution in [2.75, 3.05) is 0 Å². The summed E-state index contributed by atoms with van der Waals surface area (Å²) in [5, 5.41) is 4.52. The molecule has 0 aliphatic rings. The van der Waals surface area contributed by atoms with E-state index in [9.17, 15) is 4.79 Å². The summed E-state index contributed by atoms with van der Waals surface area (Å²) >= 11 is 0. The average molecular weight is 354 g/mol. The standard InChI is InChI=1S/C23H18N2O2/c1-17-12-14-18(15-13-17)21-16-22(24-25(21)20-10-6-3-7-11-20)27-23(26)19-8-4-2-5-9-19/h2-16H,1H3. The molecule has 0 unspecified atom stereocenters. The van der Waals surface area contributed by atoms with Gasteiger partial charge >= 0.3 is 5.97 Å². The van der Waals surface area contributed by atoms with Gasteiger partial charge in [-0.05, 0) is 31.2 Å². The Balaban J connectivity index is 1.74. The van der Waals surface area contributed by atoms with Gasteiger partial charge in [0, 0.05) is 11.6 Å². The molecule has 0 aliphatic carbocycles. The molecule has 3 aromatic carbocycles. The summed E-state index contributed by atoms with van der Waals surface area (Å²) < 4.78 is 7.31. The molecule has 4 aromatic rings. The van der Waals surface area contributed by atoms with Crippen molar-refractivity contribution in [1.82, 2.24) is 9.78 Å². The van der Waals surface area contributed by atoms with Crippen LogP contribution in [-0.2, 0) is 0 Å². The fourth-order valence-electron chi connectivity index (χ4n) is 2.83. The van der Waals surface area contributed by atoms with E-state index in [0.29, 0.717) is 5.56 Å². The molecule has 1 aromatic heterocycles. The number of para-hydroxylation sites is 1. The first kappa shape index (κ1) is 16.8. The van der Waals surface area contributed by atoms with Gasteiger partial charge in [-0.2, -0.15) is 0 Å². The highest BCUT2D eigenvalue weighted by Gasteiger charge is 2.16. The van der Waals surface area contributed by atoms with E-state index < -0.39 is 5.97 Å². The van der Waals surface area contributed by atoms with Crippen LogP contribution < -0.4 is 4.74 Å². The van der Waals surface area contributed by atoms with Crippen LogP contribution in [0, 0.1) is 6.92 Å². The van der Waals surface area contributed by atoms with Crippen molar-refractivity contribution in [1.29, 1.82) is 0 Å². The molecule has 132 valence electrons. The third-order valence-electron chi connectivity index (χ3n) is 4.24. The normalized spacial score (nSPS) is 10.6. The monoisotopic (exact) mass is 354 g/mol. The van der Waals surface area contributed by atoms with Gasteiger partial charge in [0.2, 0.25) is 5.88 Å². The van der Waals surface area contributed by atoms with Crippen LogP contribution in [0.15, 0.2) is 91.0 Å². The maximum Gasteiger partial charge on any atom is 0.344 e. The molecule has 0 atom stereocenters. The minimum absolute atomic E-state index is 0.267. The van der Waals surface area contributed by atoms with E-state index in [2.05, 4.69) is 5.10 Å². The van der Waals surface area contributed by atoms with E-state index >= 15 is 0 Å². The Labute approximate surface area is 157 Å². The predicted octanol–water partition coefficient (Wildman–Crippen LogP) is 5.07. The Morgan fingerprint density at radius 2 is 1.48 bits per heavy atom. The summed E-state index contributed by atoms with van der Waals surface area (Å²) in [7, 11) is 0. The second-order valence-corrected chi connectivity index (χ2v) is 6.24. The lowest BCUT2D eigenvalue weighted by atomic mass is 10.1. The Morgan fingerprint density at radius 3 is 2.15 bits per heavy atom. The highest BCUT2D eigenvalue weighted by molar-refractivity contribution is 5.90. The zero-order valence-corrected chi connectivity index (χ0v) is 14.9. The van der Waals surface area contributed by atoms with E-state index in [1.54, 1.807) is 35.0 Å². The molecule has 4 heteroatoms. The predicted molar refractivity (Wildman–Crippen MR) is 105 cm³/mol. The summed E-state index contributed by atoms with van der Waals surface area (Å²) in [6.07, 6.45) is 0. The molecular weight excluding hydrogens is 336 g/mol. The summed E-state index contributed by atoms with van der Waals surface area (Å²) in [6, 6.07) is 28.6. The van der Waals surface area contributed by atoms with Gasteiger partial charge in [-0.25, -0.2) is 9.48 Å². The number of esters is 1. The molecule has 0 spiro atoms. The maximum atomic E-state index is 12.4. The van der Waals surface area contributed by atoms with Gasteiger partial charge in [-0.1, -0.05) is 66.2 Å². The summed E-state index contributed by atoms with van der Waals surface area (Å²) in [5.74, 6) is -0.160. The number of hydrogen-bond acceptors (Lipinski definition) is 3. The van der Waals surface area contributed by atoms with Crippen LogP contribution in [0.2, 0.25) is 0 Å². The first-order chi connectivity index (χ1) is 13.2. The molecule has 1 heterocycles. The second-order valence-electron chi connectivity index (χ2n) is 6.24. The average Bonchev–Trinajstić information content (AvgIpc) is 3.13. The number of carbonyl (C=O) groups excluding carboxylic acids is 1. The number of rotatable bonds is 4. The van der Waals surface area contributed by atoms with Gasteiger partial charge < -0.3 is 4.74 Å². The Hall–Kier alpha value is -3.66. The molecule has 0 saturated carbocycles. The molecule has 0 fully saturated rings. The summed E-state index contributed by atoms with van der Waals surface area (Å²) in [4.78, 5) is 12.4. The first-order valence-corrected chi connectivity index (χ1v) is 8.70. The Kier molecular flexibility index (Phi) is 4.54. The van der Waals surface area contributed by atoms with E-state index in [0.717, 1.165) is 16.9 Å². The quantitative estimate of drug-likeness (QED) is 0.481. The SMILES string of the molecule is Cc1ccc(-c2cc(OC(=O)c3ccccc3)nn2-c2ccccc2)cc1. The van der Waals surface area contributed by atoms with Crippen molar-refractivity contribution in [3.63, 3.8) is 0 Å². The van der Waals surface area contributed by atoms with E-state index in [4.69, 9.17) is 4.74 Å². The third-order valence-corrected chi connectivity index (χ3v) is 4.24. The zero-order chi connectivity index (χ0) is 18.6. The van der Waals surface area contributed by atoms with Crippen LogP contribution in [0.25, 0.3) is 16.9 Å². The molecule has 0 bridgehead atoms. The van der Waals surface area contributed by atoms with E-state index in [-0.39, 0.29) is 5.88 Å². The summed E-state index contributed by atoms with van der Waals surface area (Å²) in [6.45, 7) is 2.05. The molecule has 0 radical (unpaired) electrons. The number of carbonyl (C=O) groups is 1. The minimum Gasteiger partial charge on any atom is -0.402 e. The van der Waals surface area contributed by atoms with Crippen LogP contribution in [0.1, 0.15) is 15.9 Å². The number of nitrogens with zero attached hydrogens (tertiary/aromatic N) is 2. The van der Waals surface area contributed by atoms with E-state index in [1.165, 1.54) is 5.56 Å². The van der Waals surface area contributed by atoms with Crippen molar-refractivity contribution in [2.24, 2.45) is 0 Å². The molecule has 4 nitrogen and oxygen atoms in total. The van der Waals surface area contributed by atoms with Gasteiger partial charge in [-0.3, -0.25) is 0 Å². The van der Waals surface area contributed by atoms with Crippen molar-refractivity contribution in [2.45, 2.75) is 6.92 Å². The number of benzene rings is 3. The van der Waals surface area contributed by atoms with Crippen LogP contribution in [0.3, 0.4) is 0 Å². The second kappa shape index (κ2) is 7.30. The maximum absolute atomic E-state index is 12.4. The lowest BCUT2D eigenvalue weighted by molar-refractivity contribution is 0.0727. The lowest BCUT2D eigenvalue weighted by Crippen LogP contribution is -2.09. The van der Waals surface area contributed by atoms with Crippen molar-refractivity contribution < 1.29 is 9.53 Å². The van der Waals surface area contributed by atoms with Crippen LogP contribution >= 0.6 is 0 Å². The molecule has 4 rings (SSSR count). The van der Waals surface area contributed by atoms with Crippen molar-refractivity contribution in [3.8, 4) is 22.8 Å². The fourth-order valence-corrected chi connectivity index (χ4v) is 2.83. The first-order valence-electron chi connectivity index (χ1n) is 8.70. The zero-order valence-electron chi connectivity index (χ0n) is 14.9. The number of aryl methyl sites for hydroxylation is 1.